The molecule has 0 aromatic heterocycles. The summed E-state index contributed by atoms with van der Waals surface area (Å²) in [4.78, 5) is 0. The van der Waals surface area contributed by atoms with Crippen LogP contribution in [0.5, 0.6) is 0 Å². The van der Waals surface area contributed by atoms with Gasteiger partial charge in [-0.3, -0.25) is 0 Å². The Kier molecular flexibility index (Phi) is 1.32. The number of benzene rings is 1. The standard InChI is InChI=1S/C8H7NO/c1-2-4-8-7(3-1)5-10-6-9-8/h1-4,9H,5H2. The number of nitrogens with one attached hydrogen (secondary N) is 1. The number of anilines is 1. The molecule has 0 spiro atoms. The molecule has 0 atom stereocenters. The van der Waals surface area contributed by atoms with E-state index in [4.69, 9.17) is 4.74 Å². The van der Waals surface area contributed by atoms with Crippen LogP contribution in [-0.4, -0.2) is 0 Å². The van der Waals surface area contributed by atoms with Gasteiger partial charge in [0.2, 0.25) is 6.73 Å². The molecular formula is C8H7NO. The summed E-state index contributed by atoms with van der Waals surface area (Å²) < 4.78 is 4.93. The molecule has 1 N–H and O–H groups in total. The van der Waals surface area contributed by atoms with E-state index in [9.17, 15) is 0 Å². The lowest BCUT2D eigenvalue weighted by atomic mass is 10.2. The molecule has 50 valence electrons. The number of rotatable bonds is 0. The Morgan fingerprint density at radius 1 is 1.40 bits per heavy atom. The molecule has 0 fully saturated rings. The molecule has 10 heavy (non-hydrogen) atoms. The van der Waals surface area contributed by atoms with Crippen molar-refractivity contribution in [2.75, 3.05) is 5.32 Å². The van der Waals surface area contributed by atoms with Crippen molar-refractivity contribution < 1.29 is 4.74 Å². The van der Waals surface area contributed by atoms with Crippen LogP contribution >= 0.6 is 0 Å². The van der Waals surface area contributed by atoms with Gasteiger partial charge in [0.15, 0.2) is 0 Å². The van der Waals surface area contributed by atoms with Gasteiger partial charge in [0.1, 0.15) is 0 Å². The van der Waals surface area contributed by atoms with Crippen LogP contribution in [0.2, 0.25) is 0 Å². The lowest BCUT2D eigenvalue weighted by molar-refractivity contribution is 0.187. The molecule has 1 aromatic rings. The Balaban J connectivity index is 2.41. The van der Waals surface area contributed by atoms with Gasteiger partial charge in [-0.2, -0.15) is 0 Å². The molecule has 0 aliphatic carbocycles. The summed E-state index contributed by atoms with van der Waals surface area (Å²) >= 11 is 0. The lowest BCUT2D eigenvalue weighted by Crippen LogP contribution is -2.08. The highest BCUT2D eigenvalue weighted by Crippen LogP contribution is 2.20. The van der Waals surface area contributed by atoms with Crippen molar-refractivity contribution in [3.8, 4) is 0 Å². The number of hydrogen-bond acceptors (Lipinski definition) is 2. The fraction of sp³-hybridized carbons (Fsp3) is 0.125. The quantitative estimate of drug-likeness (QED) is 0.580. The van der Waals surface area contributed by atoms with Gasteiger partial charge in [-0.15, -0.1) is 0 Å². The Bertz CT molecular complexity index is 209. The smallest absolute Gasteiger partial charge is 0.247 e. The minimum atomic E-state index is 0.628. The molecule has 2 rings (SSSR count). The lowest BCUT2D eigenvalue weighted by Gasteiger charge is -2.15. The Hall–Kier alpha value is -1.02. The molecule has 1 aromatic carbocycles. The molecule has 0 amide bonds. The zero-order chi connectivity index (χ0) is 6.81. The topological polar surface area (TPSA) is 21.3 Å². The third-order valence-electron chi connectivity index (χ3n) is 1.50. The summed E-state index contributed by atoms with van der Waals surface area (Å²) in [6.45, 7) is 3.22. The second-order valence-electron chi connectivity index (χ2n) is 2.17. The first-order chi connectivity index (χ1) is 4.97. The normalized spacial score (nSPS) is 15.6. The Morgan fingerprint density at radius 2 is 2.30 bits per heavy atom. The summed E-state index contributed by atoms with van der Waals surface area (Å²) in [5.41, 5.74) is 2.27. The van der Waals surface area contributed by atoms with Crippen molar-refractivity contribution >= 4 is 5.69 Å². The molecule has 1 aliphatic rings. The van der Waals surface area contributed by atoms with Gasteiger partial charge in [-0.1, -0.05) is 18.2 Å². The van der Waals surface area contributed by atoms with Crippen molar-refractivity contribution in [2.24, 2.45) is 0 Å². The van der Waals surface area contributed by atoms with Crippen molar-refractivity contribution in [2.45, 2.75) is 6.61 Å². The monoisotopic (exact) mass is 133 g/mol. The number of para-hydroxylation sites is 1. The Labute approximate surface area is 59.8 Å². The second kappa shape index (κ2) is 2.31. The van der Waals surface area contributed by atoms with E-state index in [1.165, 1.54) is 5.56 Å². The zero-order valence-corrected chi connectivity index (χ0v) is 5.42. The van der Waals surface area contributed by atoms with Crippen LogP contribution in [-0.2, 0) is 11.3 Å². The van der Waals surface area contributed by atoms with Crippen LogP contribution in [0.4, 0.5) is 5.69 Å². The molecule has 0 bridgehead atoms. The summed E-state index contributed by atoms with van der Waals surface area (Å²) in [6, 6.07) is 8.02. The fourth-order valence-corrected chi connectivity index (χ4v) is 0.973. The van der Waals surface area contributed by atoms with Crippen LogP contribution in [0.15, 0.2) is 24.3 Å². The molecule has 2 radical (unpaired) electrons. The maximum Gasteiger partial charge on any atom is 0.247 e. The SMILES string of the molecule is [C]1Nc2ccccc2CO1. The van der Waals surface area contributed by atoms with E-state index in [1.807, 2.05) is 24.3 Å². The highest BCUT2D eigenvalue weighted by molar-refractivity contribution is 5.52. The summed E-state index contributed by atoms with van der Waals surface area (Å²) in [6.07, 6.45) is 0. The van der Waals surface area contributed by atoms with Gasteiger partial charge in [-0.05, 0) is 6.07 Å². The van der Waals surface area contributed by atoms with Crippen LogP contribution in [0.25, 0.3) is 0 Å². The fourth-order valence-electron chi connectivity index (χ4n) is 0.973. The maximum absolute atomic E-state index is 4.93. The van der Waals surface area contributed by atoms with Crippen LogP contribution < -0.4 is 5.32 Å². The molecule has 0 unspecified atom stereocenters. The third kappa shape index (κ3) is 0.866. The van der Waals surface area contributed by atoms with Gasteiger partial charge >= 0.3 is 0 Å². The molecule has 0 saturated carbocycles. The van der Waals surface area contributed by atoms with Crippen LogP contribution in [0.1, 0.15) is 5.56 Å². The van der Waals surface area contributed by atoms with E-state index in [1.54, 1.807) is 0 Å². The highest BCUT2D eigenvalue weighted by Gasteiger charge is 2.06. The predicted molar refractivity (Wildman–Crippen MR) is 38.1 cm³/mol. The van der Waals surface area contributed by atoms with Crippen LogP contribution in [0, 0.1) is 6.73 Å². The first-order valence-electron chi connectivity index (χ1n) is 3.17. The van der Waals surface area contributed by atoms with E-state index in [2.05, 4.69) is 12.0 Å². The van der Waals surface area contributed by atoms with Crippen molar-refractivity contribution in [3.05, 3.63) is 36.6 Å². The molecule has 2 heteroatoms. The van der Waals surface area contributed by atoms with Gasteiger partial charge in [0.25, 0.3) is 0 Å². The van der Waals surface area contributed by atoms with Gasteiger partial charge in [0, 0.05) is 11.3 Å². The van der Waals surface area contributed by atoms with E-state index in [0.29, 0.717) is 6.61 Å². The molecule has 1 aliphatic heterocycles. The number of fused-ring (bicyclic) bond motifs is 1. The first-order valence-corrected chi connectivity index (χ1v) is 3.17. The third-order valence-corrected chi connectivity index (χ3v) is 1.50. The van der Waals surface area contributed by atoms with E-state index in [0.717, 1.165) is 5.69 Å². The summed E-state index contributed by atoms with van der Waals surface area (Å²) in [5.74, 6) is 0. The molecule has 2 nitrogen and oxygen atoms in total. The Morgan fingerprint density at radius 3 is 3.20 bits per heavy atom. The average molecular weight is 133 g/mol. The zero-order valence-electron chi connectivity index (χ0n) is 5.42. The maximum atomic E-state index is 4.93. The van der Waals surface area contributed by atoms with Gasteiger partial charge in [-0.25, -0.2) is 0 Å². The predicted octanol–water partition coefficient (Wildman–Crippen LogP) is 1.62. The number of ether oxygens (including phenoxy) is 1. The van der Waals surface area contributed by atoms with Gasteiger partial charge in [0.05, 0.1) is 6.61 Å². The highest BCUT2D eigenvalue weighted by atomic mass is 16.5. The largest absolute Gasteiger partial charge is 0.349 e. The average Bonchev–Trinajstić information content (AvgIpc) is 2.05. The van der Waals surface area contributed by atoms with Crippen molar-refractivity contribution in [1.29, 1.82) is 0 Å². The van der Waals surface area contributed by atoms with Crippen molar-refractivity contribution in [1.82, 2.24) is 0 Å². The van der Waals surface area contributed by atoms with Gasteiger partial charge < -0.3 is 10.1 Å². The van der Waals surface area contributed by atoms with E-state index >= 15 is 0 Å². The summed E-state index contributed by atoms with van der Waals surface area (Å²) in [5, 5.41) is 2.89. The van der Waals surface area contributed by atoms with E-state index < -0.39 is 0 Å². The van der Waals surface area contributed by atoms with Crippen LogP contribution in [0.3, 0.4) is 0 Å². The minimum absolute atomic E-state index is 0.628. The summed E-state index contributed by atoms with van der Waals surface area (Å²) in [7, 11) is 0. The first kappa shape index (κ1) is 5.74. The van der Waals surface area contributed by atoms with E-state index in [-0.39, 0.29) is 0 Å². The minimum Gasteiger partial charge on any atom is -0.349 e. The number of hydrogen-bond donors (Lipinski definition) is 1. The molecular weight excluding hydrogens is 126 g/mol. The van der Waals surface area contributed by atoms with Crippen molar-refractivity contribution in [3.63, 3.8) is 0 Å². The second-order valence-corrected chi connectivity index (χ2v) is 2.17. The molecule has 0 saturated heterocycles. The molecule has 1 heterocycles.